The lowest BCUT2D eigenvalue weighted by molar-refractivity contribution is -0.136. The molecule has 266 valence electrons. The van der Waals surface area contributed by atoms with E-state index in [1.807, 2.05) is 0 Å². The first-order valence-electron chi connectivity index (χ1n) is 14.8. The van der Waals surface area contributed by atoms with Crippen LogP contribution < -0.4 is 21.2 Å². The monoisotopic (exact) mass is 691 g/mol. The van der Waals surface area contributed by atoms with Crippen molar-refractivity contribution in [2.24, 2.45) is 15.9 Å². The van der Waals surface area contributed by atoms with Gasteiger partial charge >= 0.3 is 12.0 Å². The number of nitrogens with one attached hydrogen (secondary N) is 2. The van der Waals surface area contributed by atoms with E-state index in [0.29, 0.717) is 57.2 Å². The summed E-state index contributed by atoms with van der Waals surface area (Å²) in [5, 5.41) is 18.4. The van der Waals surface area contributed by atoms with Crippen LogP contribution in [-0.4, -0.2) is 95.0 Å². The molecule has 5 N–H and O–H groups in total. The molecule has 0 heterocycles. The fraction of sp³-hybridized carbons (Fsp3) is 0.467. The number of rotatable bonds is 23. The van der Waals surface area contributed by atoms with Crippen molar-refractivity contribution in [1.29, 1.82) is 0 Å². The van der Waals surface area contributed by atoms with Crippen LogP contribution in [0.1, 0.15) is 25.7 Å². The zero-order chi connectivity index (χ0) is 35.1. The number of hydrazone groups is 1. The van der Waals surface area contributed by atoms with Gasteiger partial charge in [0.1, 0.15) is 5.75 Å². The van der Waals surface area contributed by atoms with Gasteiger partial charge in [0, 0.05) is 18.4 Å². The van der Waals surface area contributed by atoms with Gasteiger partial charge in [-0.2, -0.15) is 13.9 Å². The first kappa shape index (κ1) is 39.8. The Hall–Kier alpha value is -4.39. The van der Waals surface area contributed by atoms with E-state index in [9.17, 15) is 36.6 Å². The highest BCUT2D eigenvalue weighted by atomic mass is 19.2. The van der Waals surface area contributed by atoms with Crippen molar-refractivity contribution in [3.05, 3.63) is 53.4 Å². The number of nitrogens with zero attached hydrogens (tertiary/aromatic N) is 2. The van der Waals surface area contributed by atoms with E-state index in [-0.39, 0.29) is 44.8 Å². The van der Waals surface area contributed by atoms with Gasteiger partial charge in [-0.25, -0.2) is 18.0 Å². The van der Waals surface area contributed by atoms with Crippen molar-refractivity contribution < 1.29 is 60.3 Å². The van der Waals surface area contributed by atoms with Gasteiger partial charge in [-0.15, -0.1) is 0 Å². The molecule has 0 fully saturated rings. The van der Waals surface area contributed by atoms with Crippen molar-refractivity contribution in [2.75, 3.05) is 71.3 Å². The number of ether oxygens (including phenoxy) is 5. The molecule has 2 aromatic rings. The summed E-state index contributed by atoms with van der Waals surface area (Å²) in [4.78, 5) is 27.8. The van der Waals surface area contributed by atoms with Crippen LogP contribution in [0.2, 0.25) is 0 Å². The first-order chi connectivity index (χ1) is 23.1. The predicted octanol–water partition coefficient (Wildman–Crippen LogP) is 3.83. The number of phenolic OH excluding ortho intramolecular Hbond substituents is 1. The van der Waals surface area contributed by atoms with Crippen LogP contribution in [-0.2, 0) is 23.7 Å². The van der Waals surface area contributed by atoms with Crippen LogP contribution in [0, 0.1) is 29.1 Å². The van der Waals surface area contributed by atoms with Crippen LogP contribution in [0.3, 0.4) is 0 Å². The molecule has 0 spiro atoms. The molecule has 0 unspecified atom stereocenters. The summed E-state index contributed by atoms with van der Waals surface area (Å²) < 4.78 is 91.9. The molecule has 0 atom stereocenters. The van der Waals surface area contributed by atoms with Gasteiger partial charge in [0.2, 0.25) is 34.8 Å². The van der Waals surface area contributed by atoms with E-state index in [4.69, 9.17) is 24.8 Å². The Labute approximate surface area is 273 Å². The van der Waals surface area contributed by atoms with Crippen LogP contribution >= 0.6 is 0 Å². The zero-order valence-electron chi connectivity index (χ0n) is 26.0. The zero-order valence-corrected chi connectivity index (χ0v) is 26.0. The minimum absolute atomic E-state index is 0.0644. The van der Waals surface area contributed by atoms with Crippen molar-refractivity contribution in [2.45, 2.75) is 25.7 Å². The number of phenols is 1. The smallest absolute Gasteiger partial charge is 0.319 e. The molecular weight excluding hydrogens is 653 g/mol. The second-order valence-electron chi connectivity index (χ2n) is 9.61. The average Bonchev–Trinajstić information content (AvgIpc) is 3.08. The number of hydrogen-bond donors (Lipinski definition) is 4. The third-order valence-electron chi connectivity index (χ3n) is 5.99. The van der Waals surface area contributed by atoms with Crippen molar-refractivity contribution in [3.8, 4) is 11.5 Å². The molecule has 2 aromatic carbocycles. The number of nitrogens with two attached hydrogens (primary N) is 1. The average molecular weight is 692 g/mol. The minimum atomic E-state index is -2.36. The molecule has 48 heavy (non-hydrogen) atoms. The lowest BCUT2D eigenvalue weighted by Crippen LogP contribution is -2.29. The second-order valence-corrected chi connectivity index (χ2v) is 9.61. The van der Waals surface area contributed by atoms with Crippen LogP contribution in [0.15, 0.2) is 34.4 Å². The third-order valence-corrected chi connectivity index (χ3v) is 5.99. The van der Waals surface area contributed by atoms with Gasteiger partial charge in [-0.1, -0.05) is 0 Å². The molecule has 0 aliphatic rings. The Kier molecular flexibility index (Phi) is 19.1. The minimum Gasteiger partial charge on any atom is -0.508 e. The predicted molar refractivity (Wildman–Crippen MR) is 164 cm³/mol. The highest BCUT2D eigenvalue weighted by Gasteiger charge is 2.28. The summed E-state index contributed by atoms with van der Waals surface area (Å²) in [7, 11) is 0. The fourth-order valence-corrected chi connectivity index (χ4v) is 3.56. The summed E-state index contributed by atoms with van der Waals surface area (Å²) >= 11 is 0. The Morgan fingerprint density at radius 3 is 1.88 bits per heavy atom. The number of urea groups is 1. The Morgan fingerprint density at radius 1 is 0.750 bits per heavy atom. The standard InChI is InChI=1S/C30H38F5N5O8/c31-24-25(32)27(34)29(28(35)26(24)33)48-23(42)8-11-44-13-15-46-17-18-47-16-14-45-12-10-37-19-21(40-36)3-1-2-9-38-30(43)39-20-4-6-22(41)7-5-20/h4-7,19,41H,1-3,8-18,36H2,(H2,38,39,43)/b37-19?,40-21-. The van der Waals surface area contributed by atoms with Gasteiger partial charge in [0.15, 0.2) is 0 Å². The van der Waals surface area contributed by atoms with E-state index in [2.05, 4.69) is 25.5 Å². The molecule has 2 amide bonds. The number of unbranched alkanes of at least 4 members (excludes halogenated alkanes) is 1. The Balaban J connectivity index is 1.38. The highest BCUT2D eigenvalue weighted by Crippen LogP contribution is 2.29. The summed E-state index contributed by atoms with van der Waals surface area (Å²) in [5.74, 6) is -8.67. The molecule has 18 heteroatoms. The van der Waals surface area contributed by atoms with Crippen molar-refractivity contribution >= 4 is 29.6 Å². The normalized spacial score (nSPS) is 11.6. The highest BCUT2D eigenvalue weighted by molar-refractivity contribution is 6.30. The lowest BCUT2D eigenvalue weighted by atomic mass is 10.2. The maximum Gasteiger partial charge on any atom is 0.319 e. The van der Waals surface area contributed by atoms with Crippen LogP contribution in [0.25, 0.3) is 0 Å². The molecule has 2 rings (SSSR count). The van der Waals surface area contributed by atoms with Gasteiger partial charge < -0.3 is 45.3 Å². The van der Waals surface area contributed by atoms with E-state index < -0.39 is 47.2 Å². The van der Waals surface area contributed by atoms with Crippen molar-refractivity contribution in [1.82, 2.24) is 5.32 Å². The van der Waals surface area contributed by atoms with E-state index >= 15 is 0 Å². The Bertz CT molecular complexity index is 1320. The summed E-state index contributed by atoms with van der Waals surface area (Å²) in [5.41, 5.74) is 1.18. The number of benzene rings is 2. The summed E-state index contributed by atoms with van der Waals surface area (Å²) in [6.07, 6.45) is 3.12. The van der Waals surface area contributed by atoms with Gasteiger partial charge in [-0.3, -0.25) is 9.79 Å². The SMILES string of the molecule is N/N=C(\C=NCCOCCOCCOCCOCCC(=O)Oc1c(F)c(F)c(F)c(F)c1F)CCCCNC(=O)Nc1ccc(O)cc1. The lowest BCUT2D eigenvalue weighted by Gasteiger charge is -2.09. The van der Waals surface area contributed by atoms with E-state index in [0.717, 1.165) is 6.42 Å². The number of carbonyl (C=O) groups is 2. The maximum absolute atomic E-state index is 13.5. The Morgan fingerprint density at radius 2 is 1.29 bits per heavy atom. The number of amides is 2. The van der Waals surface area contributed by atoms with Crippen LogP contribution in [0.4, 0.5) is 32.4 Å². The summed E-state index contributed by atoms with van der Waals surface area (Å²) in [6.45, 7) is 2.39. The van der Waals surface area contributed by atoms with Gasteiger partial charge in [0.05, 0.1) is 71.5 Å². The molecule has 0 radical (unpaired) electrons. The second kappa shape index (κ2) is 23.0. The topological polar surface area (TPSA) is 175 Å². The maximum atomic E-state index is 13.5. The molecular formula is C30H38F5N5O8. The quantitative estimate of drug-likeness (QED) is 0.0129. The number of anilines is 1. The number of carbonyl (C=O) groups excluding carboxylic acids is 2. The largest absolute Gasteiger partial charge is 0.508 e. The first-order valence-corrected chi connectivity index (χ1v) is 14.8. The molecule has 0 aromatic heterocycles. The van der Waals surface area contributed by atoms with E-state index in [1.54, 1.807) is 18.3 Å². The van der Waals surface area contributed by atoms with Crippen LogP contribution in [0.5, 0.6) is 11.5 Å². The molecule has 0 saturated carbocycles. The number of esters is 1. The van der Waals surface area contributed by atoms with Gasteiger partial charge in [0.25, 0.3) is 0 Å². The molecule has 0 aliphatic heterocycles. The van der Waals surface area contributed by atoms with Gasteiger partial charge in [-0.05, 0) is 43.5 Å². The number of hydrogen-bond acceptors (Lipinski definition) is 11. The molecule has 13 nitrogen and oxygen atoms in total. The molecule has 0 saturated heterocycles. The molecule has 0 bridgehead atoms. The molecule has 0 aliphatic carbocycles. The summed E-state index contributed by atoms with van der Waals surface area (Å²) in [6, 6.07) is 5.79. The number of halogens is 5. The van der Waals surface area contributed by atoms with E-state index in [1.165, 1.54) is 12.1 Å². The van der Waals surface area contributed by atoms with Crippen molar-refractivity contribution in [3.63, 3.8) is 0 Å². The fourth-order valence-electron chi connectivity index (χ4n) is 3.56. The number of aromatic hydroxyl groups is 1. The third kappa shape index (κ3) is 15.5. The number of aliphatic imine (C=N–C) groups is 1.